The molecule has 1 aromatic carbocycles. The van der Waals surface area contributed by atoms with Gasteiger partial charge in [-0.15, -0.1) is 0 Å². The SMILES string of the molecule is CC1C=C(Oc2ccc(F)cc2)C=CC1C1=NN2C(C3C=CC=C[C@H]3NC(=O)OCC3=CC=CCC3)CCNC2[C@H]1C(N)=O. The van der Waals surface area contributed by atoms with Gasteiger partial charge in [-0.3, -0.25) is 15.1 Å². The fraction of sp³-hybridized carbons (Fsp3) is 0.382. The highest BCUT2D eigenvalue weighted by atomic mass is 19.1. The molecule has 0 spiro atoms. The van der Waals surface area contributed by atoms with Gasteiger partial charge in [-0.05, 0) is 73.7 Å². The number of alkyl carbamates (subject to hydrolysis) is 1. The zero-order valence-electron chi connectivity index (χ0n) is 24.6. The summed E-state index contributed by atoms with van der Waals surface area (Å²) in [7, 11) is 0. The molecule has 1 fully saturated rings. The third kappa shape index (κ3) is 6.40. The molecule has 6 rings (SSSR count). The maximum absolute atomic E-state index is 13.3. The zero-order chi connectivity index (χ0) is 30.6. The second kappa shape index (κ2) is 13.1. The Morgan fingerprint density at radius 1 is 1.16 bits per heavy atom. The van der Waals surface area contributed by atoms with E-state index in [4.69, 9.17) is 20.3 Å². The molecule has 0 bridgehead atoms. The third-order valence-corrected chi connectivity index (χ3v) is 8.84. The summed E-state index contributed by atoms with van der Waals surface area (Å²) in [6.45, 7) is 2.99. The highest BCUT2D eigenvalue weighted by Gasteiger charge is 2.50. The number of nitrogens with two attached hydrogens (primary N) is 1. The van der Waals surface area contributed by atoms with Gasteiger partial charge in [-0.2, -0.15) is 5.10 Å². The van der Waals surface area contributed by atoms with Gasteiger partial charge >= 0.3 is 6.09 Å². The number of nitrogens with zero attached hydrogens (tertiary/aromatic N) is 2. The molecule has 5 aliphatic rings. The lowest BCUT2D eigenvalue weighted by Crippen LogP contribution is -2.61. The minimum Gasteiger partial charge on any atom is -0.458 e. The number of carbonyl (C=O) groups is 2. The number of benzene rings is 1. The highest BCUT2D eigenvalue weighted by Crippen LogP contribution is 2.38. The number of fused-ring (bicyclic) bond motifs is 1. The topological polar surface area (TPSA) is 118 Å². The van der Waals surface area contributed by atoms with Crippen LogP contribution in [0.2, 0.25) is 0 Å². The number of hydrogen-bond acceptors (Lipinski definition) is 7. The van der Waals surface area contributed by atoms with Crippen molar-refractivity contribution in [2.75, 3.05) is 13.2 Å². The van der Waals surface area contributed by atoms with Crippen LogP contribution < -0.4 is 21.1 Å². The van der Waals surface area contributed by atoms with Crippen LogP contribution >= 0.6 is 0 Å². The number of allylic oxidation sites excluding steroid dienone is 8. The van der Waals surface area contributed by atoms with E-state index < -0.39 is 17.9 Å². The van der Waals surface area contributed by atoms with E-state index in [1.165, 1.54) is 12.1 Å². The fourth-order valence-electron chi connectivity index (χ4n) is 6.63. The summed E-state index contributed by atoms with van der Waals surface area (Å²) in [6.07, 6.45) is 21.6. The molecule has 230 valence electrons. The van der Waals surface area contributed by atoms with E-state index in [1.807, 2.05) is 60.5 Å². The lowest BCUT2D eigenvalue weighted by atomic mass is 9.79. The van der Waals surface area contributed by atoms with Crippen molar-refractivity contribution in [2.24, 2.45) is 34.5 Å². The molecule has 0 saturated carbocycles. The summed E-state index contributed by atoms with van der Waals surface area (Å²) in [6, 6.07) is 5.48. The first-order chi connectivity index (χ1) is 21.4. The number of primary amides is 1. The third-order valence-electron chi connectivity index (χ3n) is 8.84. The van der Waals surface area contributed by atoms with E-state index in [9.17, 15) is 14.0 Å². The minimum atomic E-state index is -0.625. The van der Waals surface area contributed by atoms with Crippen molar-refractivity contribution in [1.29, 1.82) is 0 Å². The molecule has 10 heteroatoms. The van der Waals surface area contributed by atoms with Crippen molar-refractivity contribution in [2.45, 2.75) is 44.4 Å². The fourth-order valence-corrected chi connectivity index (χ4v) is 6.63. The van der Waals surface area contributed by atoms with Crippen molar-refractivity contribution in [1.82, 2.24) is 15.6 Å². The van der Waals surface area contributed by atoms with Crippen molar-refractivity contribution in [3.8, 4) is 5.75 Å². The first-order valence-corrected chi connectivity index (χ1v) is 15.2. The van der Waals surface area contributed by atoms with Gasteiger partial charge < -0.3 is 20.5 Å². The average molecular weight is 600 g/mol. The smallest absolute Gasteiger partial charge is 0.407 e. The van der Waals surface area contributed by atoms with Crippen LogP contribution in [0.5, 0.6) is 5.75 Å². The maximum atomic E-state index is 13.3. The van der Waals surface area contributed by atoms with Crippen LogP contribution in [0.15, 0.2) is 101 Å². The summed E-state index contributed by atoms with van der Waals surface area (Å²) < 4.78 is 24.8. The van der Waals surface area contributed by atoms with Crippen LogP contribution in [-0.2, 0) is 9.53 Å². The first-order valence-electron chi connectivity index (χ1n) is 15.2. The largest absolute Gasteiger partial charge is 0.458 e. The standard InChI is InChI=1S/C34H38FN5O4/c1-21-19-25(44-24-13-11-23(35)12-14-24)15-16-26(21)31-30(32(36)41)33-37-18-17-29(40(33)39-31)27-9-5-6-10-28(27)38-34(42)43-20-22-7-3-2-4-8-22/h2-3,5-7,9-16,19,21,26-30,33,37H,4,8,17-18,20H2,1H3,(H2,36,41)(H,38,42)/t21?,26?,27?,28-,29?,30-,33?/m1/s1. The number of carbonyl (C=O) groups excluding carboxylic acids is 2. The molecule has 9 nitrogen and oxygen atoms in total. The summed E-state index contributed by atoms with van der Waals surface area (Å²) in [5.74, 6) is -0.517. The zero-order valence-corrected chi connectivity index (χ0v) is 24.6. The number of hydrazone groups is 1. The molecule has 0 aromatic heterocycles. The highest BCUT2D eigenvalue weighted by molar-refractivity contribution is 6.07. The molecule has 44 heavy (non-hydrogen) atoms. The Bertz CT molecular complexity index is 1480. The van der Waals surface area contributed by atoms with Crippen molar-refractivity contribution in [3.05, 3.63) is 102 Å². The van der Waals surface area contributed by atoms with Crippen LogP contribution in [-0.4, -0.2) is 54.1 Å². The van der Waals surface area contributed by atoms with E-state index in [-0.39, 0.29) is 48.4 Å². The predicted molar refractivity (Wildman–Crippen MR) is 166 cm³/mol. The Balaban J connectivity index is 1.17. The molecule has 2 aliphatic heterocycles. The lowest BCUT2D eigenvalue weighted by Gasteiger charge is -2.44. The molecule has 1 saturated heterocycles. The Kier molecular flexibility index (Phi) is 8.79. The van der Waals surface area contributed by atoms with Gasteiger partial charge in [0.15, 0.2) is 0 Å². The van der Waals surface area contributed by atoms with Crippen LogP contribution in [0.4, 0.5) is 9.18 Å². The summed E-state index contributed by atoms with van der Waals surface area (Å²) in [5.41, 5.74) is 7.81. The van der Waals surface area contributed by atoms with Gasteiger partial charge in [-0.1, -0.05) is 55.5 Å². The molecular formula is C34H38FN5O4. The summed E-state index contributed by atoms with van der Waals surface area (Å²) in [4.78, 5) is 25.7. The molecule has 3 aliphatic carbocycles. The quantitative estimate of drug-likeness (QED) is 0.406. The number of rotatable bonds is 8. The maximum Gasteiger partial charge on any atom is 0.407 e. The van der Waals surface area contributed by atoms with Crippen molar-refractivity contribution < 1.29 is 23.5 Å². The predicted octanol–water partition coefficient (Wildman–Crippen LogP) is 4.49. The van der Waals surface area contributed by atoms with Crippen LogP contribution in [0.25, 0.3) is 0 Å². The van der Waals surface area contributed by atoms with Gasteiger partial charge in [0.25, 0.3) is 0 Å². The number of hydrogen-bond donors (Lipinski definition) is 3. The molecule has 0 radical (unpaired) electrons. The number of nitrogens with one attached hydrogen (secondary N) is 2. The van der Waals surface area contributed by atoms with E-state index in [0.29, 0.717) is 23.8 Å². The molecule has 2 amide bonds. The van der Waals surface area contributed by atoms with Gasteiger partial charge in [0, 0.05) is 11.8 Å². The Morgan fingerprint density at radius 3 is 2.73 bits per heavy atom. The molecule has 7 atom stereocenters. The molecule has 1 aromatic rings. The first kappa shape index (κ1) is 29.6. The van der Waals surface area contributed by atoms with Crippen molar-refractivity contribution >= 4 is 17.7 Å². The van der Waals surface area contributed by atoms with E-state index >= 15 is 0 Å². The summed E-state index contributed by atoms with van der Waals surface area (Å²) >= 11 is 0. The van der Waals surface area contributed by atoms with E-state index in [2.05, 4.69) is 22.8 Å². The second-order valence-corrected chi connectivity index (χ2v) is 11.8. The Hall–Kier alpha value is -4.44. The molecular weight excluding hydrogens is 561 g/mol. The van der Waals surface area contributed by atoms with Gasteiger partial charge in [0.2, 0.25) is 5.91 Å². The second-order valence-electron chi connectivity index (χ2n) is 11.8. The number of ether oxygens (including phenoxy) is 2. The van der Waals surface area contributed by atoms with Crippen molar-refractivity contribution in [3.63, 3.8) is 0 Å². The number of halogens is 1. The van der Waals surface area contributed by atoms with Gasteiger partial charge in [-0.25, -0.2) is 9.18 Å². The lowest BCUT2D eigenvalue weighted by molar-refractivity contribution is -0.122. The Morgan fingerprint density at radius 2 is 1.98 bits per heavy atom. The molecule has 2 heterocycles. The van der Waals surface area contributed by atoms with Crippen LogP contribution in [0.3, 0.4) is 0 Å². The van der Waals surface area contributed by atoms with E-state index in [0.717, 1.165) is 24.8 Å². The van der Waals surface area contributed by atoms with Gasteiger partial charge in [0.1, 0.15) is 36.0 Å². The van der Waals surface area contributed by atoms with Crippen LogP contribution in [0, 0.1) is 29.5 Å². The normalized spacial score (nSPS) is 30.6. The van der Waals surface area contributed by atoms with E-state index in [1.54, 1.807) is 12.1 Å². The minimum absolute atomic E-state index is 0.0349. The molecule has 4 N–H and O–H groups in total. The van der Waals surface area contributed by atoms with Crippen LogP contribution in [0.1, 0.15) is 26.2 Å². The van der Waals surface area contributed by atoms with Gasteiger partial charge in [0.05, 0.1) is 17.8 Å². The number of amides is 2. The molecule has 5 unspecified atom stereocenters. The average Bonchev–Trinajstić information content (AvgIpc) is 3.42. The monoisotopic (exact) mass is 599 g/mol. The summed E-state index contributed by atoms with van der Waals surface area (Å²) in [5, 5.41) is 13.6. The Labute approximate surface area is 256 Å².